The number of carbonyl (C=O) groups excluding carboxylic acids is 2. The third-order valence-corrected chi connectivity index (χ3v) is 9.92. The van der Waals surface area contributed by atoms with Gasteiger partial charge in [0.1, 0.15) is 11.5 Å². The minimum Gasteiger partial charge on any atom is -0.508 e. The summed E-state index contributed by atoms with van der Waals surface area (Å²) in [7, 11) is 1.89. The van der Waals surface area contributed by atoms with E-state index in [1.165, 1.54) is 11.1 Å². The average molecular weight is 782 g/mol. The molecular weight excluding hydrogens is 749 g/mol. The molecule has 0 radical (unpaired) electrons. The van der Waals surface area contributed by atoms with E-state index in [9.17, 15) is 14.7 Å². The summed E-state index contributed by atoms with van der Waals surface area (Å²) in [5.74, 6) is 3.45. The number of nitrogens with zero attached hydrogens (tertiary/aromatic N) is 3. The smallest absolute Gasteiger partial charge is 0.264 e. The fourth-order valence-electron chi connectivity index (χ4n) is 6.84. The number of hydrogen-bond donors (Lipinski definition) is 1. The van der Waals surface area contributed by atoms with E-state index in [1.807, 2.05) is 70.3 Å². The van der Waals surface area contributed by atoms with E-state index in [2.05, 4.69) is 28.0 Å². The van der Waals surface area contributed by atoms with Crippen molar-refractivity contribution in [2.24, 2.45) is 7.05 Å². The number of aromatic hydroxyl groups is 1. The Kier molecular flexibility index (Phi) is 9.14. The number of ether oxygens (including phenoxy) is 1. The second-order valence-corrected chi connectivity index (χ2v) is 13.3. The zero-order valence-electron chi connectivity index (χ0n) is 27.1. The Morgan fingerprint density at radius 2 is 1.65 bits per heavy atom. The lowest BCUT2D eigenvalue weighted by atomic mass is 9.91. The molecule has 8 rings (SSSR count). The maximum atomic E-state index is 14.8. The third-order valence-electron chi connectivity index (χ3n) is 9.42. The monoisotopic (exact) mass is 781 g/mol. The first-order valence-corrected chi connectivity index (χ1v) is 17.6. The molecule has 7 nitrogen and oxygen atoms in total. The molecule has 0 unspecified atom stereocenters. The topological polar surface area (TPSA) is 75.0 Å². The minimum absolute atomic E-state index is 0.0799. The zero-order valence-corrected chi connectivity index (χ0v) is 30.0. The van der Waals surface area contributed by atoms with Gasteiger partial charge in [-0.1, -0.05) is 35.7 Å². The lowest BCUT2D eigenvalue weighted by Crippen LogP contribution is -2.36. The highest BCUT2D eigenvalue weighted by Gasteiger charge is 2.29. The van der Waals surface area contributed by atoms with Gasteiger partial charge < -0.3 is 19.3 Å². The molecule has 4 aromatic carbocycles. The Hall–Kier alpha value is -4.72. The van der Waals surface area contributed by atoms with E-state index in [0.29, 0.717) is 75.5 Å². The Balaban J connectivity index is 1.43. The van der Waals surface area contributed by atoms with Crippen LogP contribution in [0, 0.1) is 16.8 Å². The summed E-state index contributed by atoms with van der Waals surface area (Å²) in [5.41, 5.74) is 8.62. The van der Waals surface area contributed by atoms with Crippen LogP contribution in [0.15, 0.2) is 84.9 Å². The number of anilines is 2. The highest BCUT2D eigenvalue weighted by molar-refractivity contribution is 14.1. The normalized spacial score (nSPS) is 14.5. The van der Waals surface area contributed by atoms with Crippen molar-refractivity contribution in [1.29, 1.82) is 0 Å². The predicted octanol–water partition coefficient (Wildman–Crippen LogP) is 8.61. The summed E-state index contributed by atoms with van der Waals surface area (Å²) in [4.78, 5) is 32.6. The Morgan fingerprint density at radius 1 is 0.857 bits per heavy atom. The summed E-state index contributed by atoms with van der Waals surface area (Å²) in [6, 6.07) is 25.6. The van der Waals surface area contributed by atoms with E-state index >= 15 is 0 Å². The first-order valence-electron chi connectivity index (χ1n) is 16.1. The van der Waals surface area contributed by atoms with E-state index in [4.69, 9.17) is 16.3 Å². The van der Waals surface area contributed by atoms with E-state index in [0.717, 1.165) is 24.8 Å². The Bertz CT molecular complexity index is 2180. The highest BCUT2D eigenvalue weighted by Crippen LogP contribution is 2.37. The van der Waals surface area contributed by atoms with Gasteiger partial charge in [0.05, 0.1) is 17.9 Å². The molecule has 0 fully saturated rings. The molecule has 0 spiro atoms. The number of phenols is 1. The lowest BCUT2D eigenvalue weighted by Gasteiger charge is -2.31. The molecule has 49 heavy (non-hydrogen) atoms. The van der Waals surface area contributed by atoms with Crippen molar-refractivity contribution in [1.82, 2.24) is 9.47 Å². The number of phenolic OH excluding ortho intramolecular Hbond substituents is 1. The number of rotatable bonds is 1. The first-order chi connectivity index (χ1) is 23.7. The Morgan fingerprint density at radius 3 is 2.45 bits per heavy atom. The summed E-state index contributed by atoms with van der Waals surface area (Å²) in [6.07, 6.45) is 2.40. The summed E-state index contributed by atoms with van der Waals surface area (Å²) < 4.78 is 11.2. The van der Waals surface area contributed by atoms with Crippen LogP contribution in [0.1, 0.15) is 55.1 Å². The van der Waals surface area contributed by atoms with Gasteiger partial charge in [-0.25, -0.2) is 0 Å². The molecule has 3 aliphatic heterocycles. The van der Waals surface area contributed by atoms with Crippen LogP contribution in [0.3, 0.4) is 0 Å². The minimum atomic E-state index is -0.290. The average Bonchev–Trinajstić information content (AvgIpc) is 3.40. The molecule has 246 valence electrons. The molecule has 0 saturated carbocycles. The van der Waals surface area contributed by atoms with Gasteiger partial charge in [0.15, 0.2) is 0 Å². The maximum Gasteiger partial charge on any atom is 0.264 e. The van der Waals surface area contributed by atoms with Gasteiger partial charge in [0.25, 0.3) is 11.8 Å². The number of hydrogen-bond acceptors (Lipinski definition) is 4. The number of amides is 2. The Labute approximate surface area is 304 Å². The van der Waals surface area contributed by atoms with Gasteiger partial charge in [0.2, 0.25) is 0 Å². The number of carbonyl (C=O) groups is 2. The second kappa shape index (κ2) is 13.7. The van der Waals surface area contributed by atoms with Crippen molar-refractivity contribution >= 4 is 57.4 Å². The van der Waals surface area contributed by atoms with Crippen molar-refractivity contribution in [3.63, 3.8) is 0 Å². The molecule has 2 amide bonds. The van der Waals surface area contributed by atoms with Gasteiger partial charge in [-0.05, 0) is 107 Å². The molecule has 5 aromatic rings. The molecule has 3 aliphatic rings. The second-order valence-electron chi connectivity index (χ2n) is 12.4. The fourth-order valence-corrected chi connectivity index (χ4v) is 7.32. The van der Waals surface area contributed by atoms with Crippen LogP contribution < -0.4 is 9.64 Å². The molecule has 1 N–H and O–H groups in total. The van der Waals surface area contributed by atoms with Crippen LogP contribution in [-0.2, 0) is 26.4 Å². The number of halogens is 2. The maximum absolute atomic E-state index is 14.8. The molecule has 0 saturated heterocycles. The SMILES string of the molecule is Cc1c2cc(n1C)-c1cc(Cl)ccc1C(=O)N1CCc3c(cccc3C1)CCCOc1cc(C#CI)cc(c1)N(c1ccc(O)cc1)C2=O. The van der Waals surface area contributed by atoms with Crippen molar-refractivity contribution in [3.05, 3.63) is 129 Å². The molecular formula is C40H33ClIN3O4. The lowest BCUT2D eigenvalue weighted by molar-refractivity contribution is 0.0735. The molecule has 0 aliphatic carbocycles. The highest BCUT2D eigenvalue weighted by atomic mass is 127. The molecule has 1 aromatic heterocycles. The molecule has 4 heterocycles. The van der Waals surface area contributed by atoms with Gasteiger partial charge in [-0.3, -0.25) is 14.5 Å². The predicted molar refractivity (Wildman–Crippen MR) is 201 cm³/mol. The van der Waals surface area contributed by atoms with E-state index in [1.54, 1.807) is 47.4 Å². The number of fused-ring (bicyclic) bond motifs is 5. The quantitative estimate of drug-likeness (QED) is 0.137. The van der Waals surface area contributed by atoms with Crippen molar-refractivity contribution < 1.29 is 19.4 Å². The van der Waals surface area contributed by atoms with Gasteiger partial charge >= 0.3 is 0 Å². The summed E-state index contributed by atoms with van der Waals surface area (Å²) in [5, 5.41) is 10.6. The first kappa shape index (κ1) is 32.8. The molecule has 8 bridgehead atoms. The van der Waals surface area contributed by atoms with Crippen LogP contribution >= 0.6 is 34.2 Å². The summed E-state index contributed by atoms with van der Waals surface area (Å²) >= 11 is 8.57. The van der Waals surface area contributed by atoms with Gasteiger partial charge in [0, 0.05) is 87.6 Å². The van der Waals surface area contributed by atoms with Crippen LogP contribution in [0.2, 0.25) is 5.02 Å². The number of aryl methyl sites for hydroxylation is 1. The van der Waals surface area contributed by atoms with Gasteiger partial charge in [-0.15, -0.1) is 0 Å². The number of aromatic nitrogens is 1. The fraction of sp³-hybridized carbons (Fsp3) is 0.200. The van der Waals surface area contributed by atoms with E-state index < -0.39 is 0 Å². The number of benzene rings is 4. The van der Waals surface area contributed by atoms with Crippen molar-refractivity contribution in [2.45, 2.75) is 32.7 Å². The third kappa shape index (κ3) is 6.41. The van der Waals surface area contributed by atoms with Crippen LogP contribution in [-0.4, -0.2) is 39.5 Å². The molecule has 0 atom stereocenters. The zero-order chi connectivity index (χ0) is 34.2. The molecule has 9 heteroatoms. The summed E-state index contributed by atoms with van der Waals surface area (Å²) in [6.45, 7) is 3.49. The van der Waals surface area contributed by atoms with Crippen LogP contribution in [0.5, 0.6) is 11.5 Å². The van der Waals surface area contributed by atoms with Crippen LogP contribution in [0.4, 0.5) is 11.4 Å². The van der Waals surface area contributed by atoms with Crippen molar-refractivity contribution in [2.75, 3.05) is 18.1 Å². The van der Waals surface area contributed by atoms with Gasteiger partial charge in [-0.2, -0.15) is 0 Å². The standard InChI is InChI=1S/C40H33ClIN3O4/c1-25-36-23-38(43(25)2)37-21-29(41)8-13-35(37)39(47)44-17-15-34-27(5-3-6-28(34)24-44)7-4-18-49-33-20-26(14-16-42)19-31(22-33)45(40(36)48)30-9-11-32(46)12-10-30/h3,5-6,8-13,19-23,46H,4,7,15,17-18,24H2,1-2H3. The van der Waals surface area contributed by atoms with E-state index in [-0.39, 0.29) is 17.6 Å². The van der Waals surface area contributed by atoms with Crippen molar-refractivity contribution in [3.8, 4) is 32.6 Å². The van der Waals surface area contributed by atoms with Crippen LogP contribution in [0.25, 0.3) is 11.3 Å². The largest absolute Gasteiger partial charge is 0.508 e.